The number of halogens is 2. The predicted octanol–water partition coefficient (Wildman–Crippen LogP) is 3.77. The zero-order chi connectivity index (χ0) is 16.8. The summed E-state index contributed by atoms with van der Waals surface area (Å²) in [6.07, 6.45) is 2.22. The summed E-state index contributed by atoms with van der Waals surface area (Å²) >= 11 is 1.84. The topological polar surface area (TPSA) is 53.8 Å². The number of nitrogens with zero attached hydrogens (tertiary/aromatic N) is 2. The van der Waals surface area contributed by atoms with Gasteiger partial charge in [-0.25, -0.2) is 0 Å². The molecule has 0 spiro atoms. The van der Waals surface area contributed by atoms with E-state index in [2.05, 4.69) is 15.5 Å². The van der Waals surface area contributed by atoms with E-state index < -0.39 is 5.76 Å². The number of nitrogens with one attached hydrogen (secondary N) is 1. The van der Waals surface area contributed by atoms with E-state index in [0.29, 0.717) is 34.2 Å². The second-order valence-corrected chi connectivity index (χ2v) is 7.49. The Labute approximate surface area is 142 Å². The van der Waals surface area contributed by atoms with Crippen LogP contribution in [0.1, 0.15) is 19.4 Å². The standard InChI is InChI=1S/C15H17F2N3OS2/c1-9(2)8-18-20-15-19-13(21)12(23-15)7-10-3-5-11(6-4-10)22-14(16)17/h3-6,8-9,12,14H,7H2,1-2H3,(H,19,20,21)/b18-8-/t12-/m1/s1. The molecule has 1 fully saturated rings. The van der Waals surface area contributed by atoms with E-state index in [0.717, 1.165) is 5.56 Å². The molecule has 1 aromatic rings. The van der Waals surface area contributed by atoms with Gasteiger partial charge in [-0.05, 0) is 30.0 Å². The van der Waals surface area contributed by atoms with Crippen LogP contribution in [-0.4, -0.2) is 28.3 Å². The molecule has 0 bridgehead atoms. The number of rotatable bonds is 6. The van der Waals surface area contributed by atoms with Gasteiger partial charge in [0.2, 0.25) is 5.91 Å². The summed E-state index contributed by atoms with van der Waals surface area (Å²) in [6.45, 7) is 3.98. The Morgan fingerprint density at radius 1 is 1.35 bits per heavy atom. The quantitative estimate of drug-likeness (QED) is 0.479. The first-order valence-corrected chi connectivity index (χ1v) is 8.82. The SMILES string of the molecule is CC(C)/C=N\N=C1/NC(=O)[C@@H](Cc2ccc(SC(F)F)cc2)S1. The van der Waals surface area contributed by atoms with Gasteiger partial charge in [0, 0.05) is 11.1 Å². The van der Waals surface area contributed by atoms with Crippen LogP contribution in [0.25, 0.3) is 0 Å². The Morgan fingerprint density at radius 3 is 2.65 bits per heavy atom. The van der Waals surface area contributed by atoms with Crippen molar-refractivity contribution >= 4 is 40.8 Å². The predicted molar refractivity (Wildman–Crippen MR) is 92.3 cm³/mol. The van der Waals surface area contributed by atoms with Gasteiger partial charge in [-0.1, -0.05) is 49.5 Å². The van der Waals surface area contributed by atoms with Crippen LogP contribution in [-0.2, 0) is 11.2 Å². The molecule has 1 aromatic carbocycles. The summed E-state index contributed by atoms with van der Waals surface area (Å²) in [5.41, 5.74) is 0.920. The normalized spacial score (nSPS) is 20.2. The molecule has 1 aliphatic heterocycles. The second kappa shape index (κ2) is 8.44. The van der Waals surface area contributed by atoms with E-state index in [1.807, 2.05) is 13.8 Å². The van der Waals surface area contributed by atoms with E-state index >= 15 is 0 Å². The lowest BCUT2D eigenvalue weighted by Crippen LogP contribution is -2.25. The van der Waals surface area contributed by atoms with Crippen LogP contribution in [0.4, 0.5) is 8.78 Å². The van der Waals surface area contributed by atoms with Gasteiger partial charge in [0.05, 0.1) is 5.25 Å². The van der Waals surface area contributed by atoms with Crippen molar-refractivity contribution in [1.82, 2.24) is 5.32 Å². The summed E-state index contributed by atoms with van der Waals surface area (Å²) in [6, 6.07) is 6.83. The Kier molecular flexibility index (Phi) is 6.59. The van der Waals surface area contributed by atoms with E-state index in [1.165, 1.54) is 11.8 Å². The molecular formula is C15H17F2N3OS2. The van der Waals surface area contributed by atoms with Crippen LogP contribution in [0.15, 0.2) is 39.4 Å². The molecule has 1 atom stereocenters. The third-order valence-electron chi connectivity index (χ3n) is 2.86. The average Bonchev–Trinajstić information content (AvgIpc) is 2.80. The monoisotopic (exact) mass is 357 g/mol. The van der Waals surface area contributed by atoms with E-state index in [9.17, 15) is 13.6 Å². The Bertz CT molecular complexity index is 603. The molecule has 0 radical (unpaired) electrons. The zero-order valence-electron chi connectivity index (χ0n) is 12.7. The second-order valence-electron chi connectivity index (χ2n) is 5.24. The number of hydrogen-bond acceptors (Lipinski definition) is 5. The lowest BCUT2D eigenvalue weighted by atomic mass is 10.1. The van der Waals surface area contributed by atoms with Crippen LogP contribution in [0.5, 0.6) is 0 Å². The summed E-state index contributed by atoms with van der Waals surface area (Å²) in [5.74, 6) is -2.25. The number of carbonyl (C=O) groups excluding carboxylic acids is 1. The van der Waals surface area contributed by atoms with Crippen LogP contribution in [0, 0.1) is 5.92 Å². The fourth-order valence-corrected chi connectivity index (χ4v) is 3.29. The molecule has 1 heterocycles. The molecule has 1 saturated heterocycles. The number of carbonyl (C=O) groups is 1. The van der Waals surface area contributed by atoms with E-state index in [4.69, 9.17) is 0 Å². The van der Waals surface area contributed by atoms with E-state index in [-0.39, 0.29) is 11.2 Å². The molecule has 8 heteroatoms. The molecule has 0 aliphatic carbocycles. The maximum atomic E-state index is 12.3. The summed E-state index contributed by atoms with van der Waals surface area (Å²) in [7, 11) is 0. The Balaban J connectivity index is 1.94. The molecule has 1 amide bonds. The summed E-state index contributed by atoms with van der Waals surface area (Å²) in [4.78, 5) is 12.4. The van der Waals surface area contributed by atoms with Crippen molar-refractivity contribution in [2.45, 2.75) is 36.2 Å². The summed E-state index contributed by atoms with van der Waals surface area (Å²) < 4.78 is 24.6. The molecule has 4 nitrogen and oxygen atoms in total. The van der Waals surface area contributed by atoms with Gasteiger partial charge in [0.15, 0.2) is 5.17 Å². The third-order valence-corrected chi connectivity index (χ3v) is 4.65. The number of benzene rings is 1. The first kappa shape index (κ1) is 17.9. The van der Waals surface area contributed by atoms with Crippen molar-refractivity contribution in [2.75, 3.05) is 0 Å². The first-order valence-electron chi connectivity index (χ1n) is 7.06. The Hall–Kier alpha value is -1.41. The van der Waals surface area contributed by atoms with E-state index in [1.54, 1.807) is 30.5 Å². The fourth-order valence-electron chi connectivity index (χ4n) is 1.83. The third kappa shape index (κ3) is 5.95. The Morgan fingerprint density at radius 2 is 2.04 bits per heavy atom. The van der Waals surface area contributed by atoms with Crippen LogP contribution >= 0.6 is 23.5 Å². The number of alkyl halides is 2. The van der Waals surface area contributed by atoms with Crippen molar-refractivity contribution in [3.63, 3.8) is 0 Å². The van der Waals surface area contributed by atoms with Gasteiger partial charge < -0.3 is 5.32 Å². The van der Waals surface area contributed by atoms with Gasteiger partial charge >= 0.3 is 0 Å². The van der Waals surface area contributed by atoms with Gasteiger partial charge in [-0.2, -0.15) is 13.9 Å². The molecule has 0 unspecified atom stereocenters. The van der Waals surface area contributed by atoms with Crippen molar-refractivity contribution < 1.29 is 13.6 Å². The van der Waals surface area contributed by atoms with Crippen LogP contribution in [0.3, 0.4) is 0 Å². The minimum Gasteiger partial charge on any atom is -0.303 e. The zero-order valence-corrected chi connectivity index (χ0v) is 14.3. The number of amidine groups is 1. The number of amides is 1. The smallest absolute Gasteiger partial charge is 0.288 e. The number of thioether (sulfide) groups is 2. The lowest BCUT2D eigenvalue weighted by Gasteiger charge is -2.06. The largest absolute Gasteiger partial charge is 0.303 e. The highest BCUT2D eigenvalue weighted by atomic mass is 32.2. The maximum absolute atomic E-state index is 12.3. The van der Waals surface area contributed by atoms with Gasteiger partial charge in [-0.15, -0.1) is 5.10 Å². The van der Waals surface area contributed by atoms with Crippen molar-refractivity contribution in [3.05, 3.63) is 29.8 Å². The molecule has 1 N–H and O–H groups in total. The molecule has 2 rings (SSSR count). The minimum atomic E-state index is -2.43. The first-order chi connectivity index (χ1) is 10.9. The lowest BCUT2D eigenvalue weighted by molar-refractivity contribution is -0.118. The van der Waals surface area contributed by atoms with Gasteiger partial charge in [-0.3, -0.25) is 4.79 Å². The molecule has 1 aliphatic rings. The molecule has 23 heavy (non-hydrogen) atoms. The fraction of sp³-hybridized carbons (Fsp3) is 0.400. The molecule has 124 valence electrons. The highest BCUT2D eigenvalue weighted by Gasteiger charge is 2.30. The molecular weight excluding hydrogens is 340 g/mol. The average molecular weight is 357 g/mol. The molecule has 0 saturated carbocycles. The highest BCUT2D eigenvalue weighted by Crippen LogP contribution is 2.27. The van der Waals surface area contributed by atoms with Crippen molar-refractivity contribution in [3.8, 4) is 0 Å². The summed E-state index contributed by atoms with van der Waals surface area (Å²) in [5, 5.41) is 10.8. The minimum absolute atomic E-state index is 0.112. The van der Waals surface area contributed by atoms with Crippen molar-refractivity contribution in [1.29, 1.82) is 0 Å². The van der Waals surface area contributed by atoms with Crippen LogP contribution in [0.2, 0.25) is 0 Å². The highest BCUT2D eigenvalue weighted by molar-refractivity contribution is 8.15. The van der Waals surface area contributed by atoms with Gasteiger partial charge in [0.25, 0.3) is 5.76 Å². The van der Waals surface area contributed by atoms with Crippen molar-refractivity contribution in [2.24, 2.45) is 16.1 Å². The van der Waals surface area contributed by atoms with Crippen LogP contribution < -0.4 is 5.32 Å². The number of hydrogen-bond donors (Lipinski definition) is 1. The maximum Gasteiger partial charge on any atom is 0.288 e. The molecule has 0 aromatic heterocycles. The van der Waals surface area contributed by atoms with Gasteiger partial charge in [0.1, 0.15) is 0 Å².